The van der Waals surface area contributed by atoms with E-state index in [0.29, 0.717) is 17.5 Å². The summed E-state index contributed by atoms with van der Waals surface area (Å²) in [7, 11) is -1.98. The Hall–Kier alpha value is -2.64. The van der Waals surface area contributed by atoms with E-state index in [9.17, 15) is 13.2 Å². The van der Waals surface area contributed by atoms with Crippen LogP contribution < -0.4 is 5.32 Å². The summed E-state index contributed by atoms with van der Waals surface area (Å²) in [5.41, 5.74) is 1.44. The van der Waals surface area contributed by atoms with E-state index in [1.165, 1.54) is 0 Å². The number of fused-ring (bicyclic) bond motifs is 1. The maximum absolute atomic E-state index is 13.0. The van der Waals surface area contributed by atoms with Crippen LogP contribution in [0.15, 0.2) is 65.7 Å². The third-order valence-corrected chi connectivity index (χ3v) is 6.13. The monoisotopic (exact) mass is 400 g/mol. The molecule has 1 amide bonds. The van der Waals surface area contributed by atoms with Gasteiger partial charge in [-0.1, -0.05) is 48.5 Å². The molecule has 1 atom stereocenters. The summed E-state index contributed by atoms with van der Waals surface area (Å²) < 4.78 is 32.8. The molecule has 6 nitrogen and oxygen atoms in total. The van der Waals surface area contributed by atoms with Gasteiger partial charge in [0.1, 0.15) is 6.54 Å². The van der Waals surface area contributed by atoms with Crippen LogP contribution in [0.1, 0.15) is 12.5 Å². The highest BCUT2D eigenvalue weighted by molar-refractivity contribution is 7.90. The predicted molar refractivity (Wildman–Crippen MR) is 109 cm³/mol. The third kappa shape index (κ3) is 4.61. The van der Waals surface area contributed by atoms with Crippen LogP contribution in [0.4, 0.5) is 0 Å². The molecular formula is C21H24N2O4S. The van der Waals surface area contributed by atoms with E-state index >= 15 is 0 Å². The average molecular weight is 401 g/mol. The Morgan fingerprint density at radius 3 is 2.50 bits per heavy atom. The van der Waals surface area contributed by atoms with Crippen LogP contribution >= 0.6 is 0 Å². The molecule has 0 fully saturated rings. The first-order chi connectivity index (χ1) is 13.4. The maximum Gasteiger partial charge on any atom is 0.240 e. The number of rotatable bonds is 8. The summed E-state index contributed by atoms with van der Waals surface area (Å²) in [4.78, 5) is 12.6. The van der Waals surface area contributed by atoms with Crippen LogP contribution in [-0.4, -0.2) is 38.7 Å². The quantitative estimate of drug-likeness (QED) is 0.631. The van der Waals surface area contributed by atoms with Gasteiger partial charge < -0.3 is 14.6 Å². The highest BCUT2D eigenvalue weighted by Crippen LogP contribution is 2.28. The molecule has 0 saturated heterocycles. The molecule has 3 rings (SSSR count). The first-order valence-corrected chi connectivity index (χ1v) is 10.7. The van der Waals surface area contributed by atoms with Crippen molar-refractivity contribution in [2.45, 2.75) is 30.2 Å². The summed E-state index contributed by atoms with van der Waals surface area (Å²) in [6.45, 7) is 2.30. The van der Waals surface area contributed by atoms with Gasteiger partial charge in [-0.25, -0.2) is 8.42 Å². The van der Waals surface area contributed by atoms with Crippen LogP contribution in [-0.2, 0) is 31.7 Å². The summed E-state index contributed by atoms with van der Waals surface area (Å²) in [6.07, 6.45) is 1.56. The lowest BCUT2D eigenvalue weighted by atomic mass is 10.2. The second kappa shape index (κ2) is 8.58. The molecule has 0 saturated carbocycles. The zero-order valence-corrected chi connectivity index (χ0v) is 16.8. The Balaban J connectivity index is 1.91. The number of hydrogen-bond donors (Lipinski definition) is 1. The van der Waals surface area contributed by atoms with Gasteiger partial charge in [-0.2, -0.15) is 0 Å². The molecule has 7 heteroatoms. The van der Waals surface area contributed by atoms with Gasteiger partial charge in [0.05, 0.1) is 17.3 Å². The number of sulfone groups is 1. The Bertz CT molecular complexity index is 1060. The summed E-state index contributed by atoms with van der Waals surface area (Å²) in [5.74, 6) is -0.281. The Kier molecular flexibility index (Phi) is 6.16. The van der Waals surface area contributed by atoms with Crippen molar-refractivity contribution in [1.29, 1.82) is 0 Å². The molecule has 148 valence electrons. The molecule has 28 heavy (non-hydrogen) atoms. The third-order valence-electron chi connectivity index (χ3n) is 4.42. The minimum atomic E-state index is -3.56. The second-order valence-corrected chi connectivity index (χ2v) is 8.76. The highest BCUT2D eigenvalue weighted by Gasteiger charge is 2.22. The van der Waals surface area contributed by atoms with E-state index in [-0.39, 0.29) is 29.1 Å². The van der Waals surface area contributed by atoms with Crippen LogP contribution in [0, 0.1) is 0 Å². The number of para-hydroxylation sites is 1. The smallest absolute Gasteiger partial charge is 0.240 e. The molecule has 1 aromatic heterocycles. The molecule has 0 aliphatic rings. The number of carbonyl (C=O) groups is 1. The normalized spacial score (nSPS) is 12.8. The molecular weight excluding hydrogens is 376 g/mol. The Labute approximate surface area is 165 Å². The fraction of sp³-hybridized carbons (Fsp3) is 0.286. The molecule has 0 radical (unpaired) electrons. The van der Waals surface area contributed by atoms with Gasteiger partial charge in [-0.15, -0.1) is 0 Å². The van der Waals surface area contributed by atoms with E-state index in [4.69, 9.17) is 4.74 Å². The van der Waals surface area contributed by atoms with E-state index in [1.807, 2.05) is 37.3 Å². The van der Waals surface area contributed by atoms with Crippen molar-refractivity contribution in [3.05, 3.63) is 66.4 Å². The van der Waals surface area contributed by atoms with Crippen molar-refractivity contribution in [3.63, 3.8) is 0 Å². The Morgan fingerprint density at radius 1 is 1.11 bits per heavy atom. The van der Waals surface area contributed by atoms with Crippen LogP contribution in [0.5, 0.6) is 0 Å². The zero-order chi connectivity index (χ0) is 20.1. The van der Waals surface area contributed by atoms with Crippen LogP contribution in [0.3, 0.4) is 0 Å². The molecule has 0 aliphatic carbocycles. The van der Waals surface area contributed by atoms with Crippen LogP contribution in [0.25, 0.3) is 10.9 Å². The van der Waals surface area contributed by atoms with Crippen molar-refractivity contribution >= 4 is 26.6 Å². The maximum atomic E-state index is 13.0. The van der Waals surface area contributed by atoms with Gasteiger partial charge in [0.2, 0.25) is 5.91 Å². The lowest BCUT2D eigenvalue weighted by molar-refractivity contribution is -0.122. The second-order valence-electron chi connectivity index (χ2n) is 6.81. The zero-order valence-electron chi connectivity index (χ0n) is 16.0. The van der Waals surface area contributed by atoms with Gasteiger partial charge in [0.15, 0.2) is 9.84 Å². The van der Waals surface area contributed by atoms with E-state index < -0.39 is 9.84 Å². The van der Waals surface area contributed by atoms with Crippen molar-refractivity contribution < 1.29 is 17.9 Å². The fourth-order valence-corrected chi connectivity index (χ4v) is 4.81. The lowest BCUT2D eigenvalue weighted by Crippen LogP contribution is -2.37. The van der Waals surface area contributed by atoms with Crippen molar-refractivity contribution in [2.24, 2.45) is 0 Å². The largest absolute Gasteiger partial charge is 0.383 e. The topological polar surface area (TPSA) is 77.4 Å². The number of hydrogen-bond acceptors (Lipinski definition) is 4. The van der Waals surface area contributed by atoms with Crippen molar-refractivity contribution in [1.82, 2.24) is 9.88 Å². The summed E-state index contributed by atoms with van der Waals surface area (Å²) >= 11 is 0. The lowest BCUT2D eigenvalue weighted by Gasteiger charge is -2.13. The van der Waals surface area contributed by atoms with Crippen LogP contribution in [0.2, 0.25) is 0 Å². The number of aromatic nitrogens is 1. The number of nitrogens with zero attached hydrogens (tertiary/aromatic N) is 1. The average Bonchev–Trinajstić information content (AvgIpc) is 3.02. The fourth-order valence-electron chi connectivity index (χ4n) is 3.23. The molecule has 0 spiro atoms. The van der Waals surface area contributed by atoms with Gasteiger partial charge in [0.25, 0.3) is 0 Å². The van der Waals surface area contributed by atoms with Gasteiger partial charge in [0, 0.05) is 30.3 Å². The molecule has 0 bridgehead atoms. The van der Waals surface area contributed by atoms with Gasteiger partial charge in [-0.05, 0) is 18.6 Å². The SMILES string of the molecule is COCC(C)NC(=O)Cn1cc(S(=O)(=O)Cc2ccccc2)c2ccccc21. The number of ether oxygens (including phenoxy) is 1. The van der Waals surface area contributed by atoms with Crippen molar-refractivity contribution in [2.75, 3.05) is 13.7 Å². The number of methoxy groups -OCH3 is 1. The van der Waals surface area contributed by atoms with E-state index in [1.54, 1.807) is 42.1 Å². The number of benzene rings is 2. The van der Waals surface area contributed by atoms with E-state index in [2.05, 4.69) is 5.32 Å². The standard InChI is InChI=1S/C21H24N2O4S/c1-16(14-27-2)22-21(24)13-23-12-20(18-10-6-7-11-19(18)23)28(25,26)15-17-8-4-3-5-9-17/h3-12,16H,13-15H2,1-2H3,(H,22,24). The minimum Gasteiger partial charge on any atom is -0.383 e. The van der Waals surface area contributed by atoms with Gasteiger partial charge >= 0.3 is 0 Å². The van der Waals surface area contributed by atoms with Gasteiger partial charge in [-0.3, -0.25) is 4.79 Å². The number of nitrogens with one attached hydrogen (secondary N) is 1. The molecule has 1 heterocycles. The minimum absolute atomic E-state index is 0.0371. The molecule has 0 aliphatic heterocycles. The number of carbonyl (C=O) groups excluding carboxylic acids is 1. The molecule has 1 unspecified atom stereocenters. The van der Waals surface area contributed by atoms with Crippen molar-refractivity contribution in [3.8, 4) is 0 Å². The Morgan fingerprint density at radius 2 is 1.79 bits per heavy atom. The highest BCUT2D eigenvalue weighted by atomic mass is 32.2. The predicted octanol–water partition coefficient (Wildman–Crippen LogP) is 2.77. The molecule has 3 aromatic rings. The number of amides is 1. The van der Waals surface area contributed by atoms with E-state index in [0.717, 1.165) is 5.56 Å². The first-order valence-electron chi connectivity index (χ1n) is 9.03. The summed E-state index contributed by atoms with van der Waals surface area (Å²) in [5, 5.41) is 3.47. The summed E-state index contributed by atoms with van der Waals surface area (Å²) in [6, 6.07) is 16.2. The first kappa shape index (κ1) is 20.1. The molecule has 2 aromatic carbocycles. The molecule has 1 N–H and O–H groups in total.